The number of aliphatic imine (C=N–C) groups is 1. The molecular formula is C24H24Cl2N4O. The molecule has 0 spiro atoms. The first-order valence-electron chi connectivity index (χ1n) is 10.3. The van der Waals surface area contributed by atoms with E-state index in [1.54, 1.807) is 21.8 Å². The van der Waals surface area contributed by atoms with Crippen molar-refractivity contribution in [1.29, 1.82) is 0 Å². The van der Waals surface area contributed by atoms with E-state index in [1.807, 2.05) is 50.4 Å². The van der Waals surface area contributed by atoms with Gasteiger partial charge >= 0.3 is 0 Å². The maximum absolute atomic E-state index is 13.6. The average molecular weight is 455 g/mol. The maximum Gasteiger partial charge on any atom is 0.233 e. The van der Waals surface area contributed by atoms with E-state index < -0.39 is 5.92 Å². The molecule has 0 bridgehead atoms. The molecule has 7 heteroatoms. The van der Waals surface area contributed by atoms with E-state index in [-0.39, 0.29) is 11.9 Å². The number of aromatic nitrogens is 2. The van der Waals surface area contributed by atoms with Gasteiger partial charge < -0.3 is 4.90 Å². The van der Waals surface area contributed by atoms with Crippen molar-refractivity contribution in [3.05, 3.63) is 82.0 Å². The van der Waals surface area contributed by atoms with E-state index in [0.717, 1.165) is 29.9 Å². The first-order chi connectivity index (χ1) is 15.0. The number of aryl methyl sites for hydroxylation is 1. The molecule has 31 heavy (non-hydrogen) atoms. The second-order valence-electron chi connectivity index (χ2n) is 7.83. The van der Waals surface area contributed by atoms with Gasteiger partial charge in [0.05, 0.1) is 22.3 Å². The third-order valence-corrected chi connectivity index (χ3v) is 6.44. The van der Waals surface area contributed by atoms with E-state index in [2.05, 4.69) is 22.2 Å². The molecule has 160 valence electrons. The van der Waals surface area contributed by atoms with Gasteiger partial charge in [-0.05, 0) is 43.0 Å². The Balaban J connectivity index is 1.58. The predicted molar refractivity (Wildman–Crippen MR) is 125 cm³/mol. The highest BCUT2D eigenvalue weighted by Crippen LogP contribution is 2.38. The highest BCUT2D eigenvalue weighted by atomic mass is 35.5. The summed E-state index contributed by atoms with van der Waals surface area (Å²) in [6.45, 7) is 2.57. The lowest BCUT2D eigenvalue weighted by atomic mass is 9.87. The van der Waals surface area contributed by atoms with E-state index >= 15 is 0 Å². The van der Waals surface area contributed by atoms with Crippen LogP contribution in [0, 0.1) is 5.92 Å². The number of carbonyl (C=O) groups excluding carboxylic acids is 1. The molecule has 0 radical (unpaired) electrons. The van der Waals surface area contributed by atoms with Crippen LogP contribution in [-0.2, 0) is 11.2 Å². The van der Waals surface area contributed by atoms with Gasteiger partial charge in [-0.15, -0.1) is 0 Å². The van der Waals surface area contributed by atoms with E-state index in [4.69, 9.17) is 23.2 Å². The molecule has 2 unspecified atom stereocenters. The molecule has 2 heterocycles. The summed E-state index contributed by atoms with van der Waals surface area (Å²) in [6, 6.07) is 17.3. The lowest BCUT2D eigenvalue weighted by molar-refractivity contribution is -0.133. The second kappa shape index (κ2) is 9.25. The Labute approximate surface area is 192 Å². The Hall–Kier alpha value is -2.63. The second-order valence-corrected chi connectivity index (χ2v) is 8.65. The van der Waals surface area contributed by atoms with Gasteiger partial charge in [-0.2, -0.15) is 5.10 Å². The van der Waals surface area contributed by atoms with Crippen LogP contribution in [0.4, 0.5) is 5.82 Å². The molecule has 1 aliphatic heterocycles. The number of benzene rings is 2. The SMILES string of the molecule is CC1=Nc2ccnn2C(c2ccc(Cl)c(Cl)c2)C1C(=O)N(C)CCCc1ccccc1. The van der Waals surface area contributed by atoms with Crippen LogP contribution in [0.1, 0.15) is 30.5 Å². The topological polar surface area (TPSA) is 50.5 Å². The number of nitrogens with zero attached hydrogens (tertiary/aromatic N) is 4. The van der Waals surface area contributed by atoms with Crippen molar-refractivity contribution >= 4 is 40.6 Å². The Bertz CT molecular complexity index is 1110. The summed E-state index contributed by atoms with van der Waals surface area (Å²) in [6.07, 6.45) is 3.52. The monoisotopic (exact) mass is 454 g/mol. The van der Waals surface area contributed by atoms with Crippen LogP contribution in [0.5, 0.6) is 0 Å². The number of carbonyl (C=O) groups is 1. The Kier molecular flexibility index (Phi) is 6.44. The van der Waals surface area contributed by atoms with Gasteiger partial charge in [0.25, 0.3) is 0 Å². The van der Waals surface area contributed by atoms with E-state index in [9.17, 15) is 4.79 Å². The molecule has 2 aromatic carbocycles. The number of halogens is 2. The van der Waals surface area contributed by atoms with Crippen molar-refractivity contribution in [2.45, 2.75) is 25.8 Å². The number of amides is 1. The van der Waals surface area contributed by atoms with Crippen molar-refractivity contribution in [3.63, 3.8) is 0 Å². The number of hydrogen-bond donors (Lipinski definition) is 0. The van der Waals surface area contributed by atoms with Crippen LogP contribution in [0.3, 0.4) is 0 Å². The van der Waals surface area contributed by atoms with Gasteiger partial charge in [-0.3, -0.25) is 4.79 Å². The molecule has 1 amide bonds. The van der Waals surface area contributed by atoms with Crippen LogP contribution in [0.2, 0.25) is 10.0 Å². The largest absolute Gasteiger partial charge is 0.345 e. The van der Waals surface area contributed by atoms with Crippen molar-refractivity contribution in [2.75, 3.05) is 13.6 Å². The van der Waals surface area contributed by atoms with E-state index in [1.165, 1.54) is 5.56 Å². The standard InChI is InChI=1S/C24H24Cl2N4O/c1-16-22(24(31)29(2)14-6-9-17-7-4-3-5-8-17)23(30-21(28-16)12-13-27-30)18-10-11-19(25)20(26)15-18/h3-5,7-8,10-13,15,22-23H,6,9,14H2,1-2H3. The first kappa shape index (κ1) is 21.6. The van der Waals surface area contributed by atoms with Crippen molar-refractivity contribution in [1.82, 2.24) is 14.7 Å². The summed E-state index contributed by atoms with van der Waals surface area (Å²) in [5, 5.41) is 5.39. The number of rotatable bonds is 6. The third-order valence-electron chi connectivity index (χ3n) is 5.70. The lowest BCUT2D eigenvalue weighted by Gasteiger charge is -2.33. The molecular weight excluding hydrogens is 431 g/mol. The highest BCUT2D eigenvalue weighted by molar-refractivity contribution is 6.42. The summed E-state index contributed by atoms with van der Waals surface area (Å²) in [5.41, 5.74) is 2.92. The highest BCUT2D eigenvalue weighted by Gasteiger charge is 2.39. The lowest BCUT2D eigenvalue weighted by Crippen LogP contribution is -2.43. The molecule has 1 aromatic heterocycles. The summed E-state index contributed by atoms with van der Waals surface area (Å²) < 4.78 is 1.80. The van der Waals surface area contributed by atoms with Gasteiger partial charge in [0, 0.05) is 25.4 Å². The molecule has 0 aliphatic carbocycles. The van der Waals surface area contributed by atoms with Gasteiger partial charge in [-0.1, -0.05) is 59.6 Å². The zero-order chi connectivity index (χ0) is 22.0. The predicted octanol–water partition coefficient (Wildman–Crippen LogP) is 5.59. The van der Waals surface area contributed by atoms with Crippen molar-refractivity contribution in [2.24, 2.45) is 10.9 Å². The average Bonchev–Trinajstić information content (AvgIpc) is 3.23. The van der Waals surface area contributed by atoms with Gasteiger partial charge in [0.15, 0.2) is 5.82 Å². The first-order valence-corrected chi connectivity index (χ1v) is 11.0. The van der Waals surface area contributed by atoms with Gasteiger partial charge in [0.2, 0.25) is 5.91 Å². The molecule has 1 aliphatic rings. The molecule has 0 fully saturated rings. The molecule has 3 aromatic rings. The molecule has 0 N–H and O–H groups in total. The molecule has 2 atom stereocenters. The maximum atomic E-state index is 13.6. The number of hydrogen-bond acceptors (Lipinski definition) is 3. The Morgan fingerprint density at radius 2 is 1.87 bits per heavy atom. The van der Waals surface area contributed by atoms with Crippen LogP contribution in [0.15, 0.2) is 65.8 Å². The van der Waals surface area contributed by atoms with Crippen molar-refractivity contribution < 1.29 is 4.79 Å². The van der Waals surface area contributed by atoms with Crippen LogP contribution < -0.4 is 0 Å². The normalized spacial score (nSPS) is 17.7. The zero-order valence-electron chi connectivity index (χ0n) is 17.5. The molecule has 5 nitrogen and oxygen atoms in total. The molecule has 0 saturated carbocycles. The number of fused-ring (bicyclic) bond motifs is 1. The Morgan fingerprint density at radius 3 is 2.61 bits per heavy atom. The summed E-state index contributed by atoms with van der Waals surface area (Å²) in [4.78, 5) is 20.0. The molecule has 4 rings (SSSR count). The fourth-order valence-corrected chi connectivity index (χ4v) is 4.39. The van der Waals surface area contributed by atoms with Crippen LogP contribution >= 0.6 is 23.2 Å². The van der Waals surface area contributed by atoms with Crippen LogP contribution in [-0.4, -0.2) is 39.9 Å². The minimum atomic E-state index is -0.466. The summed E-state index contributed by atoms with van der Waals surface area (Å²) in [5.74, 6) is 0.280. The van der Waals surface area contributed by atoms with E-state index in [0.29, 0.717) is 16.6 Å². The molecule has 0 saturated heterocycles. The zero-order valence-corrected chi connectivity index (χ0v) is 19.0. The Morgan fingerprint density at radius 1 is 1.10 bits per heavy atom. The third kappa shape index (κ3) is 4.53. The fraction of sp³-hybridized carbons (Fsp3) is 0.292. The van der Waals surface area contributed by atoms with Crippen LogP contribution in [0.25, 0.3) is 0 Å². The summed E-state index contributed by atoms with van der Waals surface area (Å²) >= 11 is 12.4. The minimum absolute atomic E-state index is 0.0199. The minimum Gasteiger partial charge on any atom is -0.345 e. The van der Waals surface area contributed by atoms with Gasteiger partial charge in [0.1, 0.15) is 5.92 Å². The van der Waals surface area contributed by atoms with Crippen molar-refractivity contribution in [3.8, 4) is 0 Å². The smallest absolute Gasteiger partial charge is 0.233 e. The quantitative estimate of drug-likeness (QED) is 0.486. The summed E-state index contributed by atoms with van der Waals surface area (Å²) in [7, 11) is 1.85. The fourth-order valence-electron chi connectivity index (χ4n) is 4.09. The van der Waals surface area contributed by atoms with Gasteiger partial charge in [-0.25, -0.2) is 9.67 Å².